The Kier molecular flexibility index (Phi) is 3.54. The molecular weight excluding hydrogens is 256 g/mol. The van der Waals surface area contributed by atoms with E-state index in [1.54, 1.807) is 6.20 Å². The van der Waals surface area contributed by atoms with Gasteiger partial charge in [0.1, 0.15) is 5.82 Å². The lowest BCUT2D eigenvalue weighted by atomic mass is 10.3. The molecule has 0 atom stereocenters. The number of rotatable bonds is 5. The lowest BCUT2D eigenvalue weighted by molar-refractivity contribution is 0.174. The third-order valence-corrected chi connectivity index (χ3v) is 2.83. The Morgan fingerprint density at radius 2 is 2.10 bits per heavy atom. The van der Waals surface area contributed by atoms with E-state index in [1.165, 1.54) is 0 Å². The molecule has 0 aliphatic carbocycles. The number of nitrogens with zero attached hydrogens (tertiary/aromatic N) is 2. The molecule has 0 radical (unpaired) electrons. The van der Waals surface area contributed by atoms with Gasteiger partial charge in [-0.2, -0.15) is 4.98 Å². The van der Waals surface area contributed by atoms with Crippen molar-refractivity contribution in [3.8, 4) is 11.5 Å². The molecule has 1 aromatic heterocycles. The Labute approximate surface area is 117 Å². The van der Waals surface area contributed by atoms with Crippen LogP contribution < -0.4 is 20.1 Å². The summed E-state index contributed by atoms with van der Waals surface area (Å²) in [5.41, 5.74) is 0.898. The highest BCUT2D eigenvalue weighted by molar-refractivity contribution is 5.62. The molecule has 1 aliphatic heterocycles. The van der Waals surface area contributed by atoms with Crippen LogP contribution in [0.4, 0.5) is 17.5 Å². The van der Waals surface area contributed by atoms with Crippen LogP contribution in [0.3, 0.4) is 0 Å². The highest BCUT2D eigenvalue weighted by Crippen LogP contribution is 2.34. The van der Waals surface area contributed by atoms with Gasteiger partial charge in [-0.15, -0.1) is 0 Å². The van der Waals surface area contributed by atoms with Gasteiger partial charge in [0.2, 0.25) is 12.7 Å². The minimum Gasteiger partial charge on any atom is -0.454 e. The van der Waals surface area contributed by atoms with Crippen LogP contribution in [0, 0.1) is 0 Å². The van der Waals surface area contributed by atoms with Crippen molar-refractivity contribution < 1.29 is 9.47 Å². The van der Waals surface area contributed by atoms with Gasteiger partial charge in [-0.3, -0.25) is 0 Å². The number of anilines is 3. The van der Waals surface area contributed by atoms with Gasteiger partial charge in [-0.1, -0.05) is 6.92 Å². The van der Waals surface area contributed by atoms with Crippen molar-refractivity contribution in [3.63, 3.8) is 0 Å². The first kappa shape index (κ1) is 12.5. The van der Waals surface area contributed by atoms with Gasteiger partial charge in [0.15, 0.2) is 11.5 Å². The molecular formula is C14H16N4O2. The monoisotopic (exact) mass is 272 g/mol. The van der Waals surface area contributed by atoms with Crippen molar-refractivity contribution in [1.29, 1.82) is 0 Å². The van der Waals surface area contributed by atoms with Crippen molar-refractivity contribution in [2.75, 3.05) is 24.0 Å². The van der Waals surface area contributed by atoms with Gasteiger partial charge in [0.25, 0.3) is 0 Å². The van der Waals surface area contributed by atoms with E-state index in [9.17, 15) is 0 Å². The quantitative estimate of drug-likeness (QED) is 0.872. The predicted octanol–water partition coefficient (Wildman–Crippen LogP) is 2.77. The van der Waals surface area contributed by atoms with Crippen LogP contribution >= 0.6 is 0 Å². The van der Waals surface area contributed by atoms with Crippen molar-refractivity contribution >= 4 is 17.5 Å². The average molecular weight is 272 g/mol. The zero-order valence-corrected chi connectivity index (χ0v) is 11.2. The van der Waals surface area contributed by atoms with Crippen LogP contribution in [0.15, 0.2) is 30.5 Å². The maximum atomic E-state index is 5.35. The number of hydrogen-bond donors (Lipinski definition) is 2. The molecule has 2 N–H and O–H groups in total. The molecule has 3 rings (SSSR count). The molecule has 2 aromatic rings. The van der Waals surface area contributed by atoms with E-state index in [0.717, 1.165) is 36.0 Å². The summed E-state index contributed by atoms with van der Waals surface area (Å²) in [5, 5.41) is 6.38. The molecule has 104 valence electrons. The number of ether oxygens (including phenoxy) is 2. The Hall–Kier alpha value is -2.50. The predicted molar refractivity (Wildman–Crippen MR) is 76.7 cm³/mol. The Morgan fingerprint density at radius 1 is 1.20 bits per heavy atom. The Morgan fingerprint density at radius 3 is 3.00 bits per heavy atom. The van der Waals surface area contributed by atoms with E-state index >= 15 is 0 Å². The highest BCUT2D eigenvalue weighted by Gasteiger charge is 2.13. The third-order valence-electron chi connectivity index (χ3n) is 2.83. The summed E-state index contributed by atoms with van der Waals surface area (Å²) in [7, 11) is 0. The summed E-state index contributed by atoms with van der Waals surface area (Å²) in [6.45, 7) is 3.23. The standard InChI is InChI=1S/C14H16N4O2/c1-2-6-15-14-16-7-5-13(18-14)17-10-3-4-11-12(8-10)20-9-19-11/h3-5,7-8H,2,6,9H2,1H3,(H2,15,16,17,18). The summed E-state index contributed by atoms with van der Waals surface area (Å²) in [5.74, 6) is 2.87. The normalized spacial score (nSPS) is 12.2. The molecule has 0 unspecified atom stereocenters. The minimum absolute atomic E-state index is 0.275. The van der Waals surface area contributed by atoms with Crippen LogP contribution in [-0.4, -0.2) is 23.3 Å². The smallest absolute Gasteiger partial charge is 0.231 e. The molecule has 1 aliphatic rings. The van der Waals surface area contributed by atoms with Crippen molar-refractivity contribution in [1.82, 2.24) is 9.97 Å². The second kappa shape index (κ2) is 5.64. The van der Waals surface area contributed by atoms with Crippen molar-refractivity contribution in [3.05, 3.63) is 30.5 Å². The maximum Gasteiger partial charge on any atom is 0.231 e. The summed E-state index contributed by atoms with van der Waals surface area (Å²) in [6, 6.07) is 7.52. The van der Waals surface area contributed by atoms with Crippen molar-refractivity contribution in [2.24, 2.45) is 0 Å². The van der Waals surface area contributed by atoms with Gasteiger partial charge >= 0.3 is 0 Å². The molecule has 6 heteroatoms. The third kappa shape index (κ3) is 2.74. The van der Waals surface area contributed by atoms with E-state index in [0.29, 0.717) is 5.95 Å². The zero-order chi connectivity index (χ0) is 13.8. The summed E-state index contributed by atoms with van der Waals surface area (Å²) < 4.78 is 10.6. The molecule has 2 heterocycles. The van der Waals surface area contributed by atoms with Crippen molar-refractivity contribution in [2.45, 2.75) is 13.3 Å². The van der Waals surface area contributed by atoms with Crippen LogP contribution in [0.25, 0.3) is 0 Å². The summed E-state index contributed by atoms with van der Waals surface area (Å²) in [6.07, 6.45) is 2.75. The van der Waals surface area contributed by atoms with Crippen LogP contribution in [0.5, 0.6) is 11.5 Å². The molecule has 0 saturated heterocycles. The van der Waals surface area contributed by atoms with Gasteiger partial charge in [-0.05, 0) is 24.6 Å². The van der Waals surface area contributed by atoms with Crippen LogP contribution in [0.2, 0.25) is 0 Å². The minimum atomic E-state index is 0.275. The molecule has 0 saturated carbocycles. The van der Waals surface area contributed by atoms with E-state index in [4.69, 9.17) is 9.47 Å². The molecule has 0 amide bonds. The van der Waals surface area contributed by atoms with Crippen LogP contribution in [-0.2, 0) is 0 Å². The van der Waals surface area contributed by atoms with Gasteiger partial charge < -0.3 is 20.1 Å². The van der Waals surface area contributed by atoms with Gasteiger partial charge in [-0.25, -0.2) is 4.98 Å². The summed E-state index contributed by atoms with van der Waals surface area (Å²) in [4.78, 5) is 8.56. The second-order valence-electron chi connectivity index (χ2n) is 4.39. The number of hydrogen-bond acceptors (Lipinski definition) is 6. The fourth-order valence-electron chi connectivity index (χ4n) is 1.87. The zero-order valence-electron chi connectivity index (χ0n) is 11.2. The number of nitrogens with one attached hydrogen (secondary N) is 2. The van der Waals surface area contributed by atoms with E-state index in [-0.39, 0.29) is 6.79 Å². The maximum absolute atomic E-state index is 5.35. The fourth-order valence-corrected chi connectivity index (χ4v) is 1.87. The van der Waals surface area contributed by atoms with Gasteiger partial charge in [0.05, 0.1) is 0 Å². The molecule has 20 heavy (non-hydrogen) atoms. The lowest BCUT2D eigenvalue weighted by Gasteiger charge is -2.08. The SMILES string of the molecule is CCCNc1nccc(Nc2ccc3c(c2)OCO3)n1. The molecule has 0 fully saturated rings. The fraction of sp³-hybridized carbons (Fsp3) is 0.286. The first-order chi connectivity index (χ1) is 9.85. The lowest BCUT2D eigenvalue weighted by Crippen LogP contribution is -2.05. The van der Waals surface area contributed by atoms with E-state index < -0.39 is 0 Å². The Balaban J connectivity index is 1.74. The number of fused-ring (bicyclic) bond motifs is 1. The number of aromatic nitrogens is 2. The number of benzene rings is 1. The van der Waals surface area contributed by atoms with E-state index in [2.05, 4.69) is 27.5 Å². The highest BCUT2D eigenvalue weighted by atomic mass is 16.7. The molecule has 0 bridgehead atoms. The second-order valence-corrected chi connectivity index (χ2v) is 4.39. The average Bonchev–Trinajstić information content (AvgIpc) is 2.93. The molecule has 1 aromatic carbocycles. The largest absolute Gasteiger partial charge is 0.454 e. The summed E-state index contributed by atoms with van der Waals surface area (Å²) >= 11 is 0. The first-order valence-electron chi connectivity index (χ1n) is 6.59. The van der Waals surface area contributed by atoms with E-state index in [1.807, 2.05) is 24.3 Å². The molecule has 6 nitrogen and oxygen atoms in total. The Bertz CT molecular complexity index is 603. The van der Waals surface area contributed by atoms with Crippen LogP contribution in [0.1, 0.15) is 13.3 Å². The van der Waals surface area contributed by atoms with Gasteiger partial charge in [0, 0.05) is 24.5 Å². The topological polar surface area (TPSA) is 68.3 Å². The molecule has 0 spiro atoms. The first-order valence-corrected chi connectivity index (χ1v) is 6.59.